The van der Waals surface area contributed by atoms with Gasteiger partial charge in [-0.15, -0.1) is 5.10 Å². The van der Waals surface area contributed by atoms with E-state index in [1.807, 2.05) is 43.3 Å². The first-order valence-electron chi connectivity index (χ1n) is 12.6. The minimum absolute atomic E-state index is 0.0422. The van der Waals surface area contributed by atoms with Crippen molar-refractivity contribution in [3.63, 3.8) is 0 Å². The van der Waals surface area contributed by atoms with Gasteiger partial charge in [-0.1, -0.05) is 13.3 Å². The topological polar surface area (TPSA) is 92.5 Å². The van der Waals surface area contributed by atoms with E-state index in [1.54, 1.807) is 39.2 Å². The van der Waals surface area contributed by atoms with Crippen molar-refractivity contribution in [2.75, 3.05) is 33.3 Å². The van der Waals surface area contributed by atoms with Crippen molar-refractivity contribution in [1.82, 2.24) is 19.6 Å². The van der Waals surface area contributed by atoms with Gasteiger partial charge in [-0.25, -0.2) is 4.98 Å². The Bertz CT molecular complexity index is 1360. The largest absolute Gasteiger partial charge is 0.497 e. The van der Waals surface area contributed by atoms with Crippen LogP contribution in [-0.4, -0.2) is 54.1 Å². The molecule has 0 amide bonds. The van der Waals surface area contributed by atoms with Gasteiger partial charge in [0.2, 0.25) is 0 Å². The number of fused-ring (bicyclic) bond motifs is 1. The molecule has 4 aromatic rings. The summed E-state index contributed by atoms with van der Waals surface area (Å²) >= 11 is 3.56. The van der Waals surface area contributed by atoms with Crippen LogP contribution in [0.4, 0.5) is 5.82 Å². The van der Waals surface area contributed by atoms with Crippen LogP contribution in [0.25, 0.3) is 5.65 Å². The number of hydrogen-bond donors (Lipinski definition) is 0. The maximum atomic E-state index is 6.13. The molecule has 4 rings (SSSR count). The number of imidazole rings is 1. The highest BCUT2D eigenvalue weighted by Crippen LogP contribution is 2.33. The normalized spacial score (nSPS) is 11.8. The Morgan fingerprint density at radius 1 is 0.897 bits per heavy atom. The van der Waals surface area contributed by atoms with Crippen molar-refractivity contribution in [1.29, 1.82) is 0 Å². The smallest absolute Gasteiger partial charge is 0.336 e. The number of halogens is 1. The van der Waals surface area contributed by atoms with Crippen LogP contribution in [0, 0.1) is 0 Å². The molecule has 1 atom stereocenters. The highest BCUT2D eigenvalue weighted by molar-refractivity contribution is 9.10. The van der Waals surface area contributed by atoms with Crippen LogP contribution in [0.3, 0.4) is 0 Å². The molecule has 0 saturated heterocycles. The number of rotatable bonds is 13. The van der Waals surface area contributed by atoms with Crippen LogP contribution in [0.1, 0.15) is 37.8 Å². The summed E-state index contributed by atoms with van der Waals surface area (Å²) in [5.41, 5.74) is 2.46. The average molecular weight is 601 g/mol. The molecule has 2 aromatic carbocycles. The fraction of sp³-hybridized carbons (Fsp3) is 0.393. The molecule has 0 aliphatic rings. The highest BCUT2D eigenvalue weighted by atomic mass is 79.9. The van der Waals surface area contributed by atoms with Crippen molar-refractivity contribution in [2.45, 2.75) is 45.9 Å². The van der Waals surface area contributed by atoms with Gasteiger partial charge in [-0.05, 0) is 53.5 Å². The molecule has 0 fully saturated rings. The molecule has 39 heavy (non-hydrogen) atoms. The van der Waals surface area contributed by atoms with Crippen LogP contribution >= 0.6 is 15.9 Å². The fourth-order valence-electron chi connectivity index (χ4n) is 4.31. The molecule has 0 spiro atoms. The molecule has 0 bridgehead atoms. The Hall–Kier alpha value is -3.73. The van der Waals surface area contributed by atoms with E-state index in [4.69, 9.17) is 28.7 Å². The minimum Gasteiger partial charge on any atom is -0.497 e. The number of ether oxygens (including phenoxy) is 5. The summed E-state index contributed by atoms with van der Waals surface area (Å²) in [6.07, 6.45) is 3.54. The molecule has 0 aliphatic carbocycles. The van der Waals surface area contributed by atoms with E-state index < -0.39 is 0 Å². The molecule has 10 nitrogen and oxygen atoms in total. The third kappa shape index (κ3) is 6.47. The second-order valence-corrected chi connectivity index (χ2v) is 9.78. The van der Waals surface area contributed by atoms with E-state index in [-0.39, 0.29) is 12.1 Å². The van der Waals surface area contributed by atoms with Gasteiger partial charge in [0.15, 0.2) is 11.5 Å². The van der Waals surface area contributed by atoms with Crippen molar-refractivity contribution in [3.05, 3.63) is 58.3 Å². The Kier molecular flexibility index (Phi) is 9.34. The Morgan fingerprint density at radius 3 is 2.00 bits per heavy atom. The van der Waals surface area contributed by atoms with Crippen LogP contribution in [-0.2, 0) is 13.1 Å². The maximum absolute atomic E-state index is 6.13. The monoisotopic (exact) mass is 599 g/mol. The lowest BCUT2D eigenvalue weighted by molar-refractivity contribution is 0.189. The van der Waals surface area contributed by atoms with Crippen LogP contribution in [0.5, 0.6) is 29.0 Å². The first kappa shape index (κ1) is 28.3. The third-order valence-corrected chi connectivity index (χ3v) is 6.84. The predicted molar refractivity (Wildman–Crippen MR) is 152 cm³/mol. The molecule has 11 heteroatoms. The summed E-state index contributed by atoms with van der Waals surface area (Å²) in [7, 11) is 6.55. The number of hydrogen-bond acceptors (Lipinski definition) is 9. The van der Waals surface area contributed by atoms with Gasteiger partial charge in [0.25, 0.3) is 0 Å². The summed E-state index contributed by atoms with van der Waals surface area (Å²) < 4.78 is 30.7. The Balaban J connectivity index is 1.85. The minimum atomic E-state index is -0.0422. The molecular weight excluding hydrogens is 566 g/mol. The SMILES string of the molecule is CCC[C@H](C)Oc1nc(N(Cc2ccc(OC)cc2OC)Cc2ccc(OC)cc2OC)c2ncc(Br)n2n1. The molecule has 0 aliphatic heterocycles. The zero-order valence-electron chi connectivity index (χ0n) is 23.1. The predicted octanol–water partition coefficient (Wildman–Crippen LogP) is 5.70. The van der Waals surface area contributed by atoms with Gasteiger partial charge in [0, 0.05) is 36.3 Å². The van der Waals surface area contributed by atoms with Crippen molar-refractivity contribution >= 4 is 27.4 Å². The summed E-state index contributed by atoms with van der Waals surface area (Å²) in [5.74, 6) is 3.42. The molecule has 0 unspecified atom stereocenters. The average Bonchev–Trinajstić information content (AvgIpc) is 3.32. The zero-order valence-corrected chi connectivity index (χ0v) is 24.7. The van der Waals surface area contributed by atoms with E-state index >= 15 is 0 Å². The van der Waals surface area contributed by atoms with E-state index in [0.29, 0.717) is 52.2 Å². The summed E-state index contributed by atoms with van der Waals surface area (Å²) in [5, 5.41) is 4.59. The summed E-state index contributed by atoms with van der Waals surface area (Å²) in [6.45, 7) is 5.03. The lowest BCUT2D eigenvalue weighted by atomic mass is 10.1. The highest BCUT2D eigenvalue weighted by Gasteiger charge is 2.23. The zero-order chi connectivity index (χ0) is 27.9. The third-order valence-electron chi connectivity index (χ3n) is 6.30. The maximum Gasteiger partial charge on any atom is 0.336 e. The van der Waals surface area contributed by atoms with Gasteiger partial charge in [-0.2, -0.15) is 9.50 Å². The molecule has 208 valence electrons. The Labute approximate surface area is 237 Å². The fourth-order valence-corrected chi connectivity index (χ4v) is 4.66. The van der Waals surface area contributed by atoms with E-state index in [0.717, 1.165) is 24.0 Å². The number of aromatic nitrogens is 4. The summed E-state index contributed by atoms with van der Waals surface area (Å²) in [4.78, 5) is 11.6. The number of benzene rings is 2. The number of anilines is 1. The van der Waals surface area contributed by atoms with Gasteiger partial charge in [0.1, 0.15) is 27.6 Å². The van der Waals surface area contributed by atoms with Crippen molar-refractivity contribution in [2.24, 2.45) is 0 Å². The van der Waals surface area contributed by atoms with E-state index in [1.165, 1.54) is 0 Å². The quantitative estimate of drug-likeness (QED) is 0.192. The second kappa shape index (κ2) is 12.9. The van der Waals surface area contributed by atoms with Gasteiger partial charge >= 0.3 is 6.01 Å². The van der Waals surface area contributed by atoms with Crippen LogP contribution < -0.4 is 28.6 Å². The van der Waals surface area contributed by atoms with Gasteiger partial charge < -0.3 is 28.6 Å². The first-order valence-corrected chi connectivity index (χ1v) is 13.4. The molecule has 2 heterocycles. The van der Waals surface area contributed by atoms with Gasteiger partial charge in [-0.3, -0.25) is 0 Å². The van der Waals surface area contributed by atoms with Crippen LogP contribution in [0.2, 0.25) is 0 Å². The first-order chi connectivity index (χ1) is 18.9. The van der Waals surface area contributed by atoms with E-state index in [2.05, 4.69) is 37.8 Å². The number of nitrogens with zero attached hydrogens (tertiary/aromatic N) is 5. The molecule has 0 radical (unpaired) electrons. The molecule has 2 aromatic heterocycles. The van der Waals surface area contributed by atoms with Crippen LogP contribution in [0.15, 0.2) is 47.2 Å². The van der Waals surface area contributed by atoms with E-state index in [9.17, 15) is 0 Å². The van der Waals surface area contributed by atoms with Gasteiger partial charge in [0.05, 0.1) is 40.7 Å². The number of methoxy groups -OCH3 is 4. The lowest BCUT2D eigenvalue weighted by Crippen LogP contribution is -2.26. The standard InChI is InChI=1S/C28H34BrN5O5/c1-7-8-18(2)39-28-31-27(26-30-15-25(29)34(26)32-28)33(16-19-9-11-21(35-3)13-23(19)37-5)17-20-10-12-22(36-4)14-24(20)38-6/h9-15,18H,7-8,16-17H2,1-6H3/t18-/m0/s1. The molecule has 0 N–H and O–H groups in total. The molecular formula is C28H34BrN5O5. The Morgan fingerprint density at radius 2 is 1.49 bits per heavy atom. The summed E-state index contributed by atoms with van der Waals surface area (Å²) in [6, 6.07) is 11.8. The second-order valence-electron chi connectivity index (χ2n) is 8.96. The van der Waals surface area contributed by atoms with Crippen molar-refractivity contribution < 1.29 is 23.7 Å². The lowest BCUT2D eigenvalue weighted by Gasteiger charge is -2.26. The molecule has 0 saturated carbocycles. The van der Waals surface area contributed by atoms with Crippen molar-refractivity contribution in [3.8, 4) is 29.0 Å².